The molecule has 264 valence electrons. The number of amides is 1. The maximum atomic E-state index is 14.6. The summed E-state index contributed by atoms with van der Waals surface area (Å²) in [5.41, 5.74) is 13.1. The van der Waals surface area contributed by atoms with Crippen LogP contribution in [0.1, 0.15) is 77.3 Å². The summed E-state index contributed by atoms with van der Waals surface area (Å²) >= 11 is 0. The molecule has 1 aliphatic heterocycles. The van der Waals surface area contributed by atoms with Gasteiger partial charge in [0, 0.05) is 34.8 Å². The summed E-state index contributed by atoms with van der Waals surface area (Å²) in [5.74, 6) is -0.574. The average molecular weight is 700 g/mol. The number of hydrogen-bond donors (Lipinski definition) is 1. The molecule has 0 bridgehead atoms. The number of nitrogens with zero attached hydrogens (tertiary/aromatic N) is 4. The van der Waals surface area contributed by atoms with Crippen LogP contribution >= 0.6 is 0 Å². The number of carbonyl (C=O) groups is 1. The molecule has 1 fully saturated rings. The molecule has 2 atom stereocenters. The number of aliphatic imine (C=N–C) groups is 2. The van der Waals surface area contributed by atoms with Crippen molar-refractivity contribution < 1.29 is 9.18 Å². The van der Waals surface area contributed by atoms with Crippen LogP contribution in [0.4, 0.5) is 4.39 Å². The van der Waals surface area contributed by atoms with Crippen molar-refractivity contribution >= 4 is 34.3 Å². The van der Waals surface area contributed by atoms with Gasteiger partial charge in [-0.25, -0.2) is 14.1 Å². The smallest absolute Gasteiger partial charge is 0.276 e. The van der Waals surface area contributed by atoms with Gasteiger partial charge in [0.2, 0.25) is 0 Å². The number of benzene rings is 5. The van der Waals surface area contributed by atoms with Crippen LogP contribution in [0.3, 0.4) is 0 Å². The molecule has 6 aromatic rings. The summed E-state index contributed by atoms with van der Waals surface area (Å²) in [6, 6.07) is 44.1. The molecule has 1 unspecified atom stereocenters. The van der Waals surface area contributed by atoms with Gasteiger partial charge < -0.3 is 5.73 Å². The second-order valence-electron chi connectivity index (χ2n) is 14.5. The van der Waals surface area contributed by atoms with E-state index in [0.717, 1.165) is 63.8 Å². The second kappa shape index (κ2) is 14.3. The zero-order valence-electron chi connectivity index (χ0n) is 29.8. The van der Waals surface area contributed by atoms with E-state index in [-0.39, 0.29) is 17.8 Å². The molecule has 0 saturated heterocycles. The van der Waals surface area contributed by atoms with Crippen molar-refractivity contribution in [2.24, 2.45) is 15.7 Å². The van der Waals surface area contributed by atoms with Gasteiger partial charge in [-0.1, -0.05) is 109 Å². The Kier molecular flexibility index (Phi) is 9.27. The van der Waals surface area contributed by atoms with Crippen LogP contribution in [-0.4, -0.2) is 39.2 Å². The van der Waals surface area contributed by atoms with Gasteiger partial charge in [0.05, 0.1) is 17.3 Å². The number of hydrogen-bond acceptors (Lipinski definition) is 4. The molecule has 2 aliphatic rings. The Bertz CT molecular complexity index is 2270. The molecular weight excluding hydrogens is 658 g/mol. The third kappa shape index (κ3) is 6.57. The fourth-order valence-electron chi connectivity index (χ4n) is 8.25. The maximum Gasteiger partial charge on any atom is 0.276 e. The van der Waals surface area contributed by atoms with E-state index in [4.69, 9.17) is 10.8 Å². The second-order valence-corrected chi connectivity index (χ2v) is 14.5. The van der Waals surface area contributed by atoms with Gasteiger partial charge in [0.15, 0.2) is 0 Å². The monoisotopic (exact) mass is 699 g/mol. The van der Waals surface area contributed by atoms with Gasteiger partial charge in [-0.15, -0.1) is 0 Å². The van der Waals surface area contributed by atoms with Crippen LogP contribution in [0.2, 0.25) is 0 Å². The van der Waals surface area contributed by atoms with E-state index in [2.05, 4.69) is 94.4 Å². The maximum absolute atomic E-state index is 14.6. The molecule has 5 aromatic carbocycles. The molecule has 0 radical (unpaired) electrons. The van der Waals surface area contributed by atoms with E-state index >= 15 is 0 Å². The van der Waals surface area contributed by atoms with Crippen molar-refractivity contribution in [3.05, 3.63) is 179 Å². The Morgan fingerprint density at radius 1 is 0.887 bits per heavy atom. The van der Waals surface area contributed by atoms with Gasteiger partial charge >= 0.3 is 0 Å². The first kappa shape index (κ1) is 34.3. The fourth-order valence-corrected chi connectivity index (χ4v) is 8.25. The lowest BCUT2D eigenvalue weighted by Crippen LogP contribution is -2.46. The normalized spacial score (nSPS) is 19.7. The molecular formula is C46H42FN5O. The number of rotatable bonds is 8. The molecule has 7 heteroatoms. The van der Waals surface area contributed by atoms with Gasteiger partial charge in [0.1, 0.15) is 11.4 Å². The first-order valence-corrected chi connectivity index (χ1v) is 18.4. The molecule has 0 spiro atoms. The average Bonchev–Trinajstić information content (AvgIpc) is 3.56. The van der Waals surface area contributed by atoms with Crippen LogP contribution < -0.4 is 5.73 Å². The van der Waals surface area contributed by atoms with Crippen molar-refractivity contribution in [3.8, 4) is 0 Å². The van der Waals surface area contributed by atoms with Gasteiger partial charge in [0.25, 0.3) is 5.91 Å². The standard InChI is InChI=1S/C46H42FN5O/c1-32-28-33(25-27-49-32)43-40-29-34(44(53)50-39-21-13-26-45(48,31-39)30-35-14-11-12-22-41(35)47)23-24-42(40)52(51-43)46(36-15-5-2-6-16-36,37-17-7-3-8-18-37)38-19-9-4-10-20-38/h2-12,14-20,22-25,27,29,32H,13,21,26,28,30-31,48H2,1H3/t32?,45-/m1/s1. The number of fused-ring (bicyclic) bond motifs is 1. The summed E-state index contributed by atoms with van der Waals surface area (Å²) in [6.07, 6.45) is 7.67. The molecule has 1 aliphatic carbocycles. The number of carbonyl (C=O) groups excluding carboxylic acids is 1. The van der Waals surface area contributed by atoms with Crippen LogP contribution in [0.25, 0.3) is 16.5 Å². The number of halogens is 1. The number of nitrogens with two attached hydrogens (primary N) is 1. The number of dihydropyridines is 1. The lowest BCUT2D eigenvalue weighted by atomic mass is 9.77. The lowest BCUT2D eigenvalue weighted by molar-refractivity contribution is 0.100. The Morgan fingerprint density at radius 2 is 1.51 bits per heavy atom. The van der Waals surface area contributed by atoms with Crippen LogP contribution in [0.5, 0.6) is 0 Å². The lowest BCUT2D eigenvalue weighted by Gasteiger charge is -2.37. The molecule has 2 heterocycles. The zero-order chi connectivity index (χ0) is 36.4. The third-order valence-corrected chi connectivity index (χ3v) is 10.7. The SMILES string of the molecule is CC1CC(c2nn(C(c3ccccc3)(c3ccccc3)c3ccccc3)c3ccc(C(=O)N=C4CCC[C@@](N)(Cc5ccccc5F)C4)cc23)=CC=N1. The summed E-state index contributed by atoms with van der Waals surface area (Å²) < 4.78 is 16.7. The molecule has 8 rings (SSSR count). The van der Waals surface area contributed by atoms with E-state index in [1.54, 1.807) is 12.1 Å². The first-order valence-electron chi connectivity index (χ1n) is 18.4. The molecule has 1 aromatic heterocycles. The van der Waals surface area contributed by atoms with Crippen LogP contribution in [0, 0.1) is 5.82 Å². The van der Waals surface area contributed by atoms with E-state index in [9.17, 15) is 9.18 Å². The molecule has 2 N–H and O–H groups in total. The minimum atomic E-state index is -0.842. The van der Waals surface area contributed by atoms with Crippen molar-refractivity contribution in [1.82, 2.24) is 9.78 Å². The van der Waals surface area contributed by atoms with Crippen molar-refractivity contribution in [3.63, 3.8) is 0 Å². The quantitative estimate of drug-likeness (QED) is 0.161. The Morgan fingerprint density at radius 3 is 2.13 bits per heavy atom. The largest absolute Gasteiger partial charge is 0.324 e. The topological polar surface area (TPSA) is 85.6 Å². The molecule has 1 amide bonds. The van der Waals surface area contributed by atoms with E-state index in [1.807, 2.05) is 54.8 Å². The van der Waals surface area contributed by atoms with E-state index in [0.29, 0.717) is 30.4 Å². The number of allylic oxidation sites excluding steroid dienone is 1. The predicted molar refractivity (Wildman–Crippen MR) is 212 cm³/mol. The van der Waals surface area contributed by atoms with E-state index < -0.39 is 11.1 Å². The fraction of sp³-hybridized carbons (Fsp3) is 0.217. The minimum Gasteiger partial charge on any atom is -0.324 e. The molecule has 53 heavy (non-hydrogen) atoms. The van der Waals surface area contributed by atoms with Crippen molar-refractivity contribution in [2.75, 3.05) is 0 Å². The third-order valence-electron chi connectivity index (χ3n) is 10.7. The highest BCUT2D eigenvalue weighted by Crippen LogP contribution is 2.44. The predicted octanol–water partition coefficient (Wildman–Crippen LogP) is 9.36. The van der Waals surface area contributed by atoms with Crippen molar-refractivity contribution in [1.29, 1.82) is 0 Å². The van der Waals surface area contributed by atoms with Crippen LogP contribution in [0.15, 0.2) is 150 Å². The first-order chi connectivity index (χ1) is 25.8. The summed E-state index contributed by atoms with van der Waals surface area (Å²) in [7, 11) is 0. The summed E-state index contributed by atoms with van der Waals surface area (Å²) in [6.45, 7) is 2.10. The molecule has 1 saturated carbocycles. The summed E-state index contributed by atoms with van der Waals surface area (Å²) in [4.78, 5) is 23.3. The van der Waals surface area contributed by atoms with E-state index in [1.165, 1.54) is 6.07 Å². The van der Waals surface area contributed by atoms with Gasteiger partial charge in [-0.2, -0.15) is 5.10 Å². The summed E-state index contributed by atoms with van der Waals surface area (Å²) in [5, 5.41) is 6.39. The number of aromatic nitrogens is 2. The highest BCUT2D eigenvalue weighted by atomic mass is 19.1. The van der Waals surface area contributed by atoms with Gasteiger partial charge in [-0.05, 0) is 97.2 Å². The Balaban J connectivity index is 1.27. The Labute approximate surface area is 309 Å². The molecule has 6 nitrogen and oxygen atoms in total. The van der Waals surface area contributed by atoms with Crippen molar-refractivity contribution in [2.45, 2.75) is 62.6 Å². The zero-order valence-corrected chi connectivity index (χ0v) is 29.8. The minimum absolute atomic E-state index is 0.0979. The Hall–Kier alpha value is -5.79. The van der Waals surface area contributed by atoms with Gasteiger partial charge in [-0.3, -0.25) is 9.79 Å². The highest BCUT2D eigenvalue weighted by Gasteiger charge is 2.41. The highest BCUT2D eigenvalue weighted by molar-refractivity contribution is 6.07. The van der Waals surface area contributed by atoms with Crippen LogP contribution in [-0.2, 0) is 12.0 Å².